The van der Waals surface area contributed by atoms with Gasteiger partial charge in [0.05, 0.1) is 0 Å². The fourth-order valence-corrected chi connectivity index (χ4v) is 3.16. The second-order valence-corrected chi connectivity index (χ2v) is 6.09. The summed E-state index contributed by atoms with van der Waals surface area (Å²) in [6, 6.07) is 0.331. The summed E-state index contributed by atoms with van der Waals surface area (Å²) in [6.07, 6.45) is 8.04. The van der Waals surface area contributed by atoms with Crippen molar-refractivity contribution in [3.8, 4) is 0 Å². The molecule has 2 fully saturated rings. The summed E-state index contributed by atoms with van der Waals surface area (Å²) in [6.45, 7) is 2.01. The average Bonchev–Trinajstić information content (AvgIpc) is 2.47. The molecule has 2 N–H and O–H groups in total. The summed E-state index contributed by atoms with van der Waals surface area (Å²) in [7, 11) is 0. The zero-order valence-electron chi connectivity index (χ0n) is 11.8. The number of aliphatic hydroxyl groups excluding tert-OH is 1. The highest BCUT2D eigenvalue weighted by Crippen LogP contribution is 2.24. The molecule has 0 aromatic rings. The van der Waals surface area contributed by atoms with Crippen LogP contribution >= 0.6 is 0 Å². The molecule has 1 aliphatic heterocycles. The van der Waals surface area contributed by atoms with Crippen LogP contribution in [0, 0.1) is 11.8 Å². The lowest BCUT2D eigenvalue weighted by molar-refractivity contribution is -0.122. The molecule has 4 nitrogen and oxygen atoms in total. The van der Waals surface area contributed by atoms with E-state index >= 15 is 0 Å². The molecule has 1 aliphatic carbocycles. The van der Waals surface area contributed by atoms with E-state index in [9.17, 15) is 4.79 Å². The number of ether oxygens (including phenoxy) is 1. The van der Waals surface area contributed by atoms with Gasteiger partial charge in [0, 0.05) is 32.3 Å². The van der Waals surface area contributed by atoms with Gasteiger partial charge in [-0.1, -0.05) is 0 Å². The molecule has 1 saturated heterocycles. The first-order valence-corrected chi connectivity index (χ1v) is 7.76. The Hall–Kier alpha value is -0.610. The van der Waals surface area contributed by atoms with Crippen LogP contribution < -0.4 is 5.32 Å². The molecule has 1 saturated carbocycles. The monoisotopic (exact) mass is 269 g/mol. The van der Waals surface area contributed by atoms with Crippen LogP contribution in [0.1, 0.15) is 51.4 Å². The summed E-state index contributed by atoms with van der Waals surface area (Å²) in [5.41, 5.74) is 0. The minimum Gasteiger partial charge on any atom is -0.396 e. The van der Waals surface area contributed by atoms with E-state index < -0.39 is 0 Å². The third-order valence-corrected chi connectivity index (χ3v) is 4.50. The summed E-state index contributed by atoms with van der Waals surface area (Å²) in [5, 5.41) is 12.2. The second-order valence-electron chi connectivity index (χ2n) is 6.09. The maximum absolute atomic E-state index is 11.9. The zero-order valence-corrected chi connectivity index (χ0v) is 11.8. The van der Waals surface area contributed by atoms with Crippen molar-refractivity contribution in [3.05, 3.63) is 0 Å². The summed E-state index contributed by atoms with van der Waals surface area (Å²) >= 11 is 0. The Morgan fingerprint density at radius 3 is 2.58 bits per heavy atom. The minimum absolute atomic E-state index is 0.193. The van der Waals surface area contributed by atoms with E-state index in [1.54, 1.807) is 0 Å². The van der Waals surface area contributed by atoms with Crippen molar-refractivity contribution in [2.45, 2.75) is 57.4 Å². The standard InChI is InChI=1S/C15H27NO3/c17-10-12-3-6-14(7-4-12)16-15(18)8-5-13-2-1-9-19-11-13/h12-14,17H,1-11H2,(H,16,18). The Kier molecular flexibility index (Phi) is 6.11. The lowest BCUT2D eigenvalue weighted by atomic mass is 9.86. The molecule has 4 heteroatoms. The van der Waals surface area contributed by atoms with Crippen LogP contribution in [0.2, 0.25) is 0 Å². The molecule has 1 unspecified atom stereocenters. The van der Waals surface area contributed by atoms with Gasteiger partial charge in [-0.3, -0.25) is 4.79 Å². The van der Waals surface area contributed by atoms with Gasteiger partial charge in [0.15, 0.2) is 0 Å². The lowest BCUT2D eigenvalue weighted by Gasteiger charge is -2.28. The van der Waals surface area contributed by atoms with E-state index in [4.69, 9.17) is 9.84 Å². The van der Waals surface area contributed by atoms with Gasteiger partial charge in [-0.2, -0.15) is 0 Å². The predicted molar refractivity (Wildman–Crippen MR) is 73.8 cm³/mol. The van der Waals surface area contributed by atoms with E-state index in [1.807, 2.05) is 0 Å². The van der Waals surface area contributed by atoms with Crippen LogP contribution in [0.3, 0.4) is 0 Å². The SMILES string of the molecule is O=C(CCC1CCCOC1)NC1CCC(CO)CC1. The Labute approximate surface area is 115 Å². The van der Waals surface area contributed by atoms with Gasteiger partial charge in [0.1, 0.15) is 0 Å². The Morgan fingerprint density at radius 2 is 1.95 bits per heavy atom. The molecule has 1 heterocycles. The van der Waals surface area contributed by atoms with Crippen LogP contribution in [-0.2, 0) is 9.53 Å². The highest BCUT2D eigenvalue weighted by molar-refractivity contribution is 5.76. The highest BCUT2D eigenvalue weighted by Gasteiger charge is 2.22. The quantitative estimate of drug-likeness (QED) is 0.801. The number of hydrogen-bond acceptors (Lipinski definition) is 3. The van der Waals surface area contributed by atoms with Crippen LogP contribution in [-0.4, -0.2) is 36.9 Å². The Balaban J connectivity index is 1.59. The number of nitrogens with one attached hydrogen (secondary N) is 1. The third kappa shape index (κ3) is 5.11. The average molecular weight is 269 g/mol. The Bertz CT molecular complexity index is 269. The zero-order chi connectivity index (χ0) is 13.5. The van der Waals surface area contributed by atoms with E-state index in [0.29, 0.717) is 30.9 Å². The molecule has 110 valence electrons. The summed E-state index contributed by atoms with van der Waals surface area (Å²) in [4.78, 5) is 11.9. The van der Waals surface area contributed by atoms with Gasteiger partial charge < -0.3 is 15.2 Å². The Morgan fingerprint density at radius 1 is 1.16 bits per heavy atom. The van der Waals surface area contributed by atoms with Crippen LogP contribution in [0.5, 0.6) is 0 Å². The molecule has 0 radical (unpaired) electrons. The van der Waals surface area contributed by atoms with Gasteiger partial charge in [-0.15, -0.1) is 0 Å². The largest absolute Gasteiger partial charge is 0.396 e. The minimum atomic E-state index is 0.193. The molecule has 1 atom stereocenters. The second kappa shape index (κ2) is 7.85. The van der Waals surface area contributed by atoms with Crippen molar-refractivity contribution in [3.63, 3.8) is 0 Å². The van der Waals surface area contributed by atoms with Crippen LogP contribution in [0.25, 0.3) is 0 Å². The predicted octanol–water partition coefficient (Wildman–Crippen LogP) is 1.86. The van der Waals surface area contributed by atoms with Crippen molar-refractivity contribution in [2.75, 3.05) is 19.8 Å². The molecule has 2 rings (SSSR count). The number of rotatable bonds is 5. The lowest BCUT2D eigenvalue weighted by Crippen LogP contribution is -2.38. The first-order chi connectivity index (χ1) is 9.28. The molecule has 0 bridgehead atoms. The van der Waals surface area contributed by atoms with Crippen molar-refractivity contribution >= 4 is 5.91 Å². The maximum Gasteiger partial charge on any atom is 0.220 e. The van der Waals surface area contributed by atoms with Gasteiger partial charge in [-0.05, 0) is 56.8 Å². The molecule has 0 spiro atoms. The number of hydrogen-bond donors (Lipinski definition) is 2. The molecular formula is C15H27NO3. The third-order valence-electron chi connectivity index (χ3n) is 4.50. The van der Waals surface area contributed by atoms with E-state index in [0.717, 1.165) is 51.7 Å². The first kappa shape index (κ1) is 14.8. The van der Waals surface area contributed by atoms with Gasteiger partial charge >= 0.3 is 0 Å². The highest BCUT2D eigenvalue weighted by atomic mass is 16.5. The smallest absolute Gasteiger partial charge is 0.220 e. The molecule has 19 heavy (non-hydrogen) atoms. The topological polar surface area (TPSA) is 58.6 Å². The number of aliphatic hydroxyl groups is 1. The van der Waals surface area contributed by atoms with E-state index in [1.165, 1.54) is 6.42 Å². The molecule has 0 aromatic carbocycles. The molecule has 1 amide bonds. The van der Waals surface area contributed by atoms with Crippen molar-refractivity contribution in [1.29, 1.82) is 0 Å². The number of carbonyl (C=O) groups excluding carboxylic acids is 1. The first-order valence-electron chi connectivity index (χ1n) is 7.76. The summed E-state index contributed by atoms with van der Waals surface area (Å²) in [5.74, 6) is 1.22. The number of carbonyl (C=O) groups is 1. The molecule has 0 aromatic heterocycles. The van der Waals surface area contributed by atoms with E-state index in [-0.39, 0.29) is 5.91 Å². The van der Waals surface area contributed by atoms with Crippen LogP contribution in [0.15, 0.2) is 0 Å². The fraction of sp³-hybridized carbons (Fsp3) is 0.933. The fourth-order valence-electron chi connectivity index (χ4n) is 3.16. The number of amides is 1. The van der Waals surface area contributed by atoms with Crippen LogP contribution in [0.4, 0.5) is 0 Å². The molecular weight excluding hydrogens is 242 g/mol. The van der Waals surface area contributed by atoms with Crippen molar-refractivity contribution in [2.24, 2.45) is 11.8 Å². The van der Waals surface area contributed by atoms with Gasteiger partial charge in [0.25, 0.3) is 0 Å². The molecule has 2 aliphatic rings. The summed E-state index contributed by atoms with van der Waals surface area (Å²) < 4.78 is 5.43. The van der Waals surface area contributed by atoms with E-state index in [2.05, 4.69) is 5.32 Å². The maximum atomic E-state index is 11.9. The normalized spacial score (nSPS) is 31.9. The van der Waals surface area contributed by atoms with Crippen molar-refractivity contribution in [1.82, 2.24) is 5.32 Å². The van der Waals surface area contributed by atoms with Gasteiger partial charge in [0.2, 0.25) is 5.91 Å². The van der Waals surface area contributed by atoms with Crippen molar-refractivity contribution < 1.29 is 14.6 Å². The van der Waals surface area contributed by atoms with Gasteiger partial charge in [-0.25, -0.2) is 0 Å².